The zero-order valence-electron chi connectivity index (χ0n) is 16.7. The normalized spacial score (nSPS) is 16.7. The Morgan fingerprint density at radius 1 is 0.964 bits per heavy atom. The second-order valence-electron chi connectivity index (χ2n) is 7.16. The molecule has 3 rings (SSSR count). The van der Waals surface area contributed by atoms with Gasteiger partial charge in [-0.05, 0) is 55.4 Å². The van der Waals surface area contributed by atoms with Crippen LogP contribution in [0.15, 0.2) is 48.5 Å². The van der Waals surface area contributed by atoms with Crippen LogP contribution in [0.2, 0.25) is 5.02 Å². The lowest BCUT2D eigenvalue weighted by molar-refractivity contribution is 0.0891. The van der Waals surface area contributed by atoms with Gasteiger partial charge in [0.25, 0.3) is 0 Å². The topological polar surface area (TPSA) is 32.8 Å². The number of likely N-dealkylation sites (N-methyl/N-ethyl adjacent to an activating group) is 1. The number of benzene rings is 2. The molecule has 0 bridgehead atoms. The standard InChI is InChI=1S/C23H29ClN2O2/c1-3-25-13-15-26(16-14-25)17-22(18-5-9-20(24)10-6-18)23(27)19-7-11-21(12-8-19)28-4-2/h5-12,22H,3-4,13-17H2,1-2H3. The van der Waals surface area contributed by atoms with Crippen LogP contribution in [0, 0.1) is 0 Å². The summed E-state index contributed by atoms with van der Waals surface area (Å²) in [4.78, 5) is 18.2. The van der Waals surface area contributed by atoms with Crippen molar-refractivity contribution in [1.82, 2.24) is 9.80 Å². The van der Waals surface area contributed by atoms with Gasteiger partial charge in [-0.15, -0.1) is 0 Å². The van der Waals surface area contributed by atoms with Crippen LogP contribution in [0.1, 0.15) is 35.7 Å². The van der Waals surface area contributed by atoms with Crippen molar-refractivity contribution in [3.05, 3.63) is 64.7 Å². The Bertz CT molecular complexity index is 753. The number of ketones is 1. The zero-order valence-corrected chi connectivity index (χ0v) is 17.5. The number of nitrogens with zero attached hydrogens (tertiary/aromatic N) is 2. The van der Waals surface area contributed by atoms with Crippen LogP contribution in [0.5, 0.6) is 5.75 Å². The van der Waals surface area contributed by atoms with Crippen molar-refractivity contribution < 1.29 is 9.53 Å². The number of hydrogen-bond donors (Lipinski definition) is 0. The van der Waals surface area contributed by atoms with E-state index >= 15 is 0 Å². The first-order valence-corrected chi connectivity index (χ1v) is 10.5. The maximum atomic E-state index is 13.4. The van der Waals surface area contributed by atoms with Gasteiger partial charge in [0.15, 0.2) is 5.78 Å². The van der Waals surface area contributed by atoms with Gasteiger partial charge < -0.3 is 9.64 Å². The van der Waals surface area contributed by atoms with Crippen LogP contribution in [0.4, 0.5) is 0 Å². The summed E-state index contributed by atoms with van der Waals surface area (Å²) in [6.07, 6.45) is 0. The quantitative estimate of drug-likeness (QED) is 0.617. The first-order chi connectivity index (χ1) is 13.6. The highest BCUT2D eigenvalue weighted by molar-refractivity contribution is 6.30. The van der Waals surface area contributed by atoms with E-state index in [-0.39, 0.29) is 11.7 Å². The Kier molecular flexibility index (Phi) is 7.49. The third kappa shape index (κ3) is 5.34. The molecule has 0 N–H and O–H groups in total. The van der Waals surface area contributed by atoms with Crippen LogP contribution in [0.3, 0.4) is 0 Å². The molecule has 1 unspecified atom stereocenters. The molecule has 1 aliphatic rings. The molecule has 5 heteroatoms. The number of carbonyl (C=O) groups excluding carboxylic acids is 1. The third-order valence-electron chi connectivity index (χ3n) is 5.39. The van der Waals surface area contributed by atoms with E-state index < -0.39 is 0 Å². The van der Waals surface area contributed by atoms with Crippen molar-refractivity contribution in [2.45, 2.75) is 19.8 Å². The van der Waals surface area contributed by atoms with Gasteiger partial charge in [-0.1, -0.05) is 30.7 Å². The largest absolute Gasteiger partial charge is 0.494 e. The van der Waals surface area contributed by atoms with Crippen molar-refractivity contribution in [3.8, 4) is 5.75 Å². The molecule has 150 valence electrons. The van der Waals surface area contributed by atoms with Crippen LogP contribution in [0.25, 0.3) is 0 Å². The first-order valence-electron chi connectivity index (χ1n) is 10.1. The molecular weight excluding hydrogens is 372 g/mol. The average molecular weight is 401 g/mol. The number of piperazine rings is 1. The summed E-state index contributed by atoms with van der Waals surface area (Å²) in [6, 6.07) is 15.2. The second-order valence-corrected chi connectivity index (χ2v) is 7.60. The van der Waals surface area contributed by atoms with E-state index in [1.54, 1.807) is 0 Å². The Morgan fingerprint density at radius 3 is 2.14 bits per heavy atom. The minimum atomic E-state index is -0.205. The first kappa shape index (κ1) is 20.8. The van der Waals surface area contributed by atoms with Gasteiger partial charge in [0.1, 0.15) is 5.75 Å². The molecular formula is C23H29ClN2O2. The van der Waals surface area contributed by atoms with Crippen LogP contribution >= 0.6 is 11.6 Å². The molecule has 1 saturated heterocycles. The predicted octanol–water partition coefficient (Wildman–Crippen LogP) is 4.34. The Hall–Kier alpha value is -1.88. The summed E-state index contributed by atoms with van der Waals surface area (Å²) >= 11 is 6.07. The van der Waals surface area contributed by atoms with Gasteiger partial charge >= 0.3 is 0 Å². The number of carbonyl (C=O) groups is 1. The van der Waals surface area contributed by atoms with Gasteiger partial charge in [-0.25, -0.2) is 0 Å². The van der Waals surface area contributed by atoms with Gasteiger partial charge in [0, 0.05) is 43.3 Å². The molecule has 0 radical (unpaired) electrons. The predicted molar refractivity (Wildman–Crippen MR) is 115 cm³/mol. The molecule has 2 aromatic carbocycles. The molecule has 1 heterocycles. The van der Waals surface area contributed by atoms with E-state index in [9.17, 15) is 4.79 Å². The fraction of sp³-hybridized carbons (Fsp3) is 0.435. The molecule has 1 fully saturated rings. The number of Topliss-reactive ketones (excluding diaryl/α,β-unsaturated/α-hetero) is 1. The molecule has 0 amide bonds. The van der Waals surface area contributed by atoms with E-state index in [0.29, 0.717) is 11.6 Å². The molecule has 2 aromatic rings. The van der Waals surface area contributed by atoms with Gasteiger partial charge in [0.05, 0.1) is 12.5 Å². The maximum Gasteiger partial charge on any atom is 0.171 e. The van der Waals surface area contributed by atoms with E-state index in [1.165, 1.54) is 0 Å². The highest BCUT2D eigenvalue weighted by Gasteiger charge is 2.26. The smallest absolute Gasteiger partial charge is 0.171 e. The zero-order chi connectivity index (χ0) is 19.9. The van der Waals surface area contributed by atoms with E-state index in [0.717, 1.165) is 56.1 Å². The van der Waals surface area contributed by atoms with Crippen LogP contribution < -0.4 is 4.74 Å². The summed E-state index contributed by atoms with van der Waals surface area (Å²) in [5, 5.41) is 0.688. The third-order valence-corrected chi connectivity index (χ3v) is 5.64. The van der Waals surface area contributed by atoms with Crippen molar-refractivity contribution in [1.29, 1.82) is 0 Å². The molecule has 0 saturated carbocycles. The van der Waals surface area contributed by atoms with Crippen LogP contribution in [-0.4, -0.2) is 61.5 Å². The van der Waals surface area contributed by atoms with E-state index in [1.807, 2.05) is 55.5 Å². The molecule has 4 nitrogen and oxygen atoms in total. The minimum Gasteiger partial charge on any atom is -0.494 e. The molecule has 0 aliphatic carbocycles. The number of ether oxygens (including phenoxy) is 1. The fourth-order valence-corrected chi connectivity index (χ4v) is 3.79. The van der Waals surface area contributed by atoms with Crippen molar-refractivity contribution in [2.24, 2.45) is 0 Å². The van der Waals surface area contributed by atoms with Gasteiger partial charge in [0.2, 0.25) is 0 Å². The monoisotopic (exact) mass is 400 g/mol. The number of rotatable bonds is 8. The lowest BCUT2D eigenvalue weighted by Crippen LogP contribution is -2.47. The molecule has 0 aromatic heterocycles. The number of hydrogen-bond acceptors (Lipinski definition) is 4. The van der Waals surface area contributed by atoms with Crippen molar-refractivity contribution >= 4 is 17.4 Å². The highest BCUT2D eigenvalue weighted by Crippen LogP contribution is 2.25. The Labute approximate surface area is 173 Å². The van der Waals surface area contributed by atoms with Crippen molar-refractivity contribution in [2.75, 3.05) is 45.9 Å². The Balaban J connectivity index is 1.79. The fourth-order valence-electron chi connectivity index (χ4n) is 3.66. The highest BCUT2D eigenvalue weighted by atomic mass is 35.5. The SMILES string of the molecule is CCOc1ccc(C(=O)C(CN2CCN(CC)CC2)c2ccc(Cl)cc2)cc1. The van der Waals surface area contributed by atoms with E-state index in [4.69, 9.17) is 16.3 Å². The average Bonchev–Trinajstić information content (AvgIpc) is 2.73. The minimum absolute atomic E-state index is 0.142. The van der Waals surface area contributed by atoms with Crippen LogP contribution in [-0.2, 0) is 0 Å². The molecule has 28 heavy (non-hydrogen) atoms. The van der Waals surface area contributed by atoms with Crippen molar-refractivity contribution in [3.63, 3.8) is 0 Å². The second kappa shape index (κ2) is 10.1. The Morgan fingerprint density at radius 2 is 1.57 bits per heavy atom. The molecule has 1 aliphatic heterocycles. The molecule has 1 atom stereocenters. The summed E-state index contributed by atoms with van der Waals surface area (Å²) in [7, 11) is 0. The summed E-state index contributed by atoms with van der Waals surface area (Å²) in [5.41, 5.74) is 1.73. The molecule has 0 spiro atoms. The maximum absolute atomic E-state index is 13.4. The van der Waals surface area contributed by atoms with Gasteiger partial charge in [-0.3, -0.25) is 9.69 Å². The summed E-state index contributed by atoms with van der Waals surface area (Å²) in [5.74, 6) is 0.726. The summed E-state index contributed by atoms with van der Waals surface area (Å²) < 4.78 is 5.50. The lowest BCUT2D eigenvalue weighted by atomic mass is 9.90. The lowest BCUT2D eigenvalue weighted by Gasteiger charge is -2.35. The van der Waals surface area contributed by atoms with E-state index in [2.05, 4.69) is 16.7 Å². The summed E-state index contributed by atoms with van der Waals surface area (Å²) in [6.45, 7) is 10.7. The van der Waals surface area contributed by atoms with Gasteiger partial charge in [-0.2, -0.15) is 0 Å². The number of halogens is 1.